The fraction of sp³-hybridized carbons (Fsp3) is 0.348. The fourth-order valence-electron chi connectivity index (χ4n) is 4.04. The topological polar surface area (TPSA) is 41.2 Å². The maximum Gasteiger partial charge on any atom is 0.118 e. The van der Waals surface area contributed by atoms with Gasteiger partial charge in [-0.2, -0.15) is 5.26 Å². The van der Waals surface area contributed by atoms with E-state index in [4.69, 9.17) is 4.74 Å². The van der Waals surface area contributed by atoms with Gasteiger partial charge < -0.3 is 14.2 Å². The van der Waals surface area contributed by atoms with E-state index in [0.29, 0.717) is 6.04 Å². The number of benzene rings is 2. The van der Waals surface area contributed by atoms with E-state index in [9.17, 15) is 5.26 Å². The predicted molar refractivity (Wildman–Crippen MR) is 108 cm³/mol. The lowest BCUT2D eigenvalue weighted by molar-refractivity contribution is 0.190. The SMILES string of the molecule is COc1ccc(CCN2CCC(n3ccc4ccc(C#N)cc43)CC2)cc1. The molecule has 2 heterocycles. The molecule has 4 nitrogen and oxygen atoms in total. The highest BCUT2D eigenvalue weighted by Crippen LogP contribution is 2.28. The molecule has 0 aliphatic carbocycles. The van der Waals surface area contributed by atoms with Crippen LogP contribution in [0.2, 0.25) is 0 Å². The molecule has 0 bridgehead atoms. The van der Waals surface area contributed by atoms with Gasteiger partial charge in [0.05, 0.1) is 18.7 Å². The molecule has 138 valence electrons. The maximum atomic E-state index is 9.18. The van der Waals surface area contributed by atoms with Gasteiger partial charge in [0.2, 0.25) is 0 Å². The third-order valence-corrected chi connectivity index (χ3v) is 5.68. The Balaban J connectivity index is 1.35. The molecule has 1 fully saturated rings. The number of ether oxygens (including phenoxy) is 1. The largest absolute Gasteiger partial charge is 0.497 e. The van der Waals surface area contributed by atoms with E-state index in [-0.39, 0.29) is 0 Å². The predicted octanol–water partition coefficient (Wildman–Crippen LogP) is 4.40. The summed E-state index contributed by atoms with van der Waals surface area (Å²) >= 11 is 0. The number of aromatic nitrogens is 1. The van der Waals surface area contributed by atoms with Crippen LogP contribution >= 0.6 is 0 Å². The standard InChI is InChI=1S/C23H25N3O/c1-27-22-6-3-18(4-7-22)8-12-25-13-10-21(11-14-25)26-15-9-20-5-2-19(17-24)16-23(20)26/h2-7,9,15-16,21H,8,10-14H2,1H3. The van der Waals surface area contributed by atoms with Crippen LogP contribution in [0.15, 0.2) is 54.7 Å². The van der Waals surface area contributed by atoms with Crippen LogP contribution in [0, 0.1) is 11.3 Å². The Bertz CT molecular complexity index is 944. The van der Waals surface area contributed by atoms with Gasteiger partial charge in [0.25, 0.3) is 0 Å². The minimum absolute atomic E-state index is 0.522. The van der Waals surface area contributed by atoms with Gasteiger partial charge in [-0.05, 0) is 60.5 Å². The minimum Gasteiger partial charge on any atom is -0.497 e. The van der Waals surface area contributed by atoms with E-state index >= 15 is 0 Å². The lowest BCUT2D eigenvalue weighted by atomic mass is 10.0. The van der Waals surface area contributed by atoms with Gasteiger partial charge in [-0.1, -0.05) is 18.2 Å². The zero-order valence-electron chi connectivity index (χ0n) is 15.8. The molecule has 4 rings (SSSR count). The zero-order chi connectivity index (χ0) is 18.6. The second kappa shape index (κ2) is 7.85. The van der Waals surface area contributed by atoms with Crippen molar-refractivity contribution in [2.24, 2.45) is 0 Å². The molecule has 0 unspecified atom stereocenters. The maximum absolute atomic E-state index is 9.18. The van der Waals surface area contributed by atoms with Gasteiger partial charge >= 0.3 is 0 Å². The first-order chi connectivity index (χ1) is 13.3. The molecule has 1 saturated heterocycles. The van der Waals surface area contributed by atoms with E-state index in [1.807, 2.05) is 30.3 Å². The molecular formula is C23H25N3O. The first-order valence-corrected chi connectivity index (χ1v) is 9.63. The van der Waals surface area contributed by atoms with Gasteiger partial charge in [0.1, 0.15) is 5.75 Å². The molecule has 0 radical (unpaired) electrons. The van der Waals surface area contributed by atoms with Crippen LogP contribution < -0.4 is 4.74 Å². The van der Waals surface area contributed by atoms with Crippen molar-refractivity contribution >= 4 is 10.9 Å². The smallest absolute Gasteiger partial charge is 0.118 e. The van der Waals surface area contributed by atoms with E-state index < -0.39 is 0 Å². The molecule has 0 amide bonds. The van der Waals surface area contributed by atoms with Crippen LogP contribution in [0.1, 0.15) is 30.0 Å². The summed E-state index contributed by atoms with van der Waals surface area (Å²) < 4.78 is 7.60. The average Bonchev–Trinajstić information content (AvgIpc) is 3.16. The van der Waals surface area contributed by atoms with Crippen LogP contribution in [0.4, 0.5) is 0 Å². The number of fused-ring (bicyclic) bond motifs is 1. The van der Waals surface area contributed by atoms with Crippen LogP contribution in [-0.2, 0) is 6.42 Å². The third-order valence-electron chi connectivity index (χ3n) is 5.68. The van der Waals surface area contributed by atoms with Crippen molar-refractivity contribution in [3.8, 4) is 11.8 Å². The molecule has 27 heavy (non-hydrogen) atoms. The lowest BCUT2D eigenvalue weighted by Crippen LogP contribution is -2.35. The Labute approximate surface area is 160 Å². The normalized spacial score (nSPS) is 15.7. The Hall–Kier alpha value is -2.77. The number of rotatable bonds is 5. The summed E-state index contributed by atoms with van der Waals surface area (Å²) in [5.41, 5.74) is 3.28. The zero-order valence-corrected chi connectivity index (χ0v) is 15.8. The number of piperidine rings is 1. The Morgan fingerprint density at radius 2 is 1.85 bits per heavy atom. The van der Waals surface area contributed by atoms with Crippen LogP contribution in [0.25, 0.3) is 10.9 Å². The Morgan fingerprint density at radius 1 is 1.07 bits per heavy atom. The van der Waals surface area contributed by atoms with Gasteiger partial charge in [0.15, 0.2) is 0 Å². The Morgan fingerprint density at radius 3 is 2.56 bits per heavy atom. The second-order valence-corrected chi connectivity index (χ2v) is 7.28. The Kier molecular flexibility index (Phi) is 5.13. The van der Waals surface area contributed by atoms with Crippen LogP contribution in [0.5, 0.6) is 5.75 Å². The molecule has 0 saturated carbocycles. The van der Waals surface area contributed by atoms with Crippen molar-refractivity contribution in [3.05, 3.63) is 65.9 Å². The van der Waals surface area contributed by atoms with Crippen molar-refractivity contribution < 1.29 is 4.74 Å². The molecule has 2 aromatic carbocycles. The lowest BCUT2D eigenvalue weighted by Gasteiger charge is -2.33. The summed E-state index contributed by atoms with van der Waals surface area (Å²) in [4.78, 5) is 2.56. The average molecular weight is 359 g/mol. The summed E-state index contributed by atoms with van der Waals surface area (Å²) in [6.45, 7) is 3.35. The van der Waals surface area contributed by atoms with E-state index in [2.05, 4.69) is 39.9 Å². The van der Waals surface area contributed by atoms with Crippen molar-refractivity contribution in [2.45, 2.75) is 25.3 Å². The number of likely N-dealkylation sites (tertiary alicyclic amines) is 1. The van der Waals surface area contributed by atoms with Crippen molar-refractivity contribution in [1.29, 1.82) is 5.26 Å². The summed E-state index contributed by atoms with van der Waals surface area (Å²) in [5, 5.41) is 10.4. The van der Waals surface area contributed by atoms with Gasteiger partial charge in [-0.3, -0.25) is 0 Å². The summed E-state index contributed by atoms with van der Waals surface area (Å²) in [6.07, 6.45) is 5.57. The number of nitrogens with zero attached hydrogens (tertiary/aromatic N) is 3. The first-order valence-electron chi connectivity index (χ1n) is 9.63. The second-order valence-electron chi connectivity index (χ2n) is 7.28. The number of methoxy groups -OCH3 is 1. The minimum atomic E-state index is 0.522. The summed E-state index contributed by atoms with van der Waals surface area (Å²) in [7, 11) is 1.70. The highest BCUT2D eigenvalue weighted by Gasteiger charge is 2.21. The van der Waals surface area contributed by atoms with E-state index in [0.717, 1.165) is 50.2 Å². The van der Waals surface area contributed by atoms with Crippen molar-refractivity contribution in [1.82, 2.24) is 9.47 Å². The number of nitriles is 1. The van der Waals surface area contributed by atoms with E-state index in [1.165, 1.54) is 16.5 Å². The molecule has 3 aromatic rings. The van der Waals surface area contributed by atoms with Crippen molar-refractivity contribution in [2.75, 3.05) is 26.7 Å². The molecular weight excluding hydrogens is 334 g/mol. The van der Waals surface area contributed by atoms with Crippen LogP contribution in [0.3, 0.4) is 0 Å². The van der Waals surface area contributed by atoms with Crippen LogP contribution in [-0.4, -0.2) is 36.2 Å². The van der Waals surface area contributed by atoms with Crippen molar-refractivity contribution in [3.63, 3.8) is 0 Å². The monoisotopic (exact) mass is 359 g/mol. The molecule has 1 aliphatic heterocycles. The third kappa shape index (κ3) is 3.84. The number of hydrogen-bond acceptors (Lipinski definition) is 3. The molecule has 0 atom stereocenters. The fourth-order valence-corrected chi connectivity index (χ4v) is 4.04. The van der Waals surface area contributed by atoms with Gasteiger partial charge in [0, 0.05) is 37.4 Å². The van der Waals surface area contributed by atoms with Gasteiger partial charge in [-0.25, -0.2) is 0 Å². The molecule has 1 aromatic heterocycles. The quantitative estimate of drug-likeness (QED) is 0.678. The molecule has 1 aliphatic rings. The molecule has 0 N–H and O–H groups in total. The molecule has 0 spiro atoms. The highest BCUT2D eigenvalue weighted by molar-refractivity contribution is 5.81. The molecule has 4 heteroatoms. The first kappa shape index (κ1) is 17.6. The highest BCUT2D eigenvalue weighted by atomic mass is 16.5. The number of hydrogen-bond donors (Lipinski definition) is 0. The van der Waals surface area contributed by atoms with Gasteiger partial charge in [-0.15, -0.1) is 0 Å². The van der Waals surface area contributed by atoms with E-state index in [1.54, 1.807) is 7.11 Å². The summed E-state index contributed by atoms with van der Waals surface area (Å²) in [5.74, 6) is 0.915. The summed E-state index contributed by atoms with van der Waals surface area (Å²) in [6, 6.07) is 19.3.